The van der Waals surface area contributed by atoms with Crippen molar-refractivity contribution in [2.75, 3.05) is 18.4 Å². The highest BCUT2D eigenvalue weighted by Crippen LogP contribution is 2.26. The van der Waals surface area contributed by atoms with Crippen LogP contribution in [0.2, 0.25) is 0 Å². The van der Waals surface area contributed by atoms with Crippen molar-refractivity contribution in [3.63, 3.8) is 0 Å². The van der Waals surface area contributed by atoms with Crippen molar-refractivity contribution >= 4 is 23.6 Å². The molecule has 3 aromatic heterocycles. The van der Waals surface area contributed by atoms with Gasteiger partial charge >= 0.3 is 0 Å². The van der Waals surface area contributed by atoms with Crippen LogP contribution in [0, 0.1) is 0 Å². The molecule has 0 aliphatic carbocycles. The van der Waals surface area contributed by atoms with Gasteiger partial charge in [0.15, 0.2) is 0 Å². The highest BCUT2D eigenvalue weighted by atomic mass is 16.2. The fourth-order valence-corrected chi connectivity index (χ4v) is 3.35. The van der Waals surface area contributed by atoms with Gasteiger partial charge in [0.2, 0.25) is 5.91 Å². The Hall–Kier alpha value is -3.61. The van der Waals surface area contributed by atoms with E-state index in [1.54, 1.807) is 43.1 Å². The third-order valence-electron chi connectivity index (χ3n) is 4.85. The van der Waals surface area contributed by atoms with Crippen LogP contribution < -0.4 is 5.32 Å². The summed E-state index contributed by atoms with van der Waals surface area (Å²) in [7, 11) is 0. The minimum atomic E-state index is 0.0138. The predicted octanol–water partition coefficient (Wildman–Crippen LogP) is 3.43. The molecule has 1 N–H and O–H groups in total. The first-order valence-electron chi connectivity index (χ1n) is 9.65. The molecular formula is C22H22N6O. The highest BCUT2D eigenvalue weighted by Gasteiger charge is 2.24. The summed E-state index contributed by atoms with van der Waals surface area (Å²) in [6.45, 7) is 1.41. The molecule has 3 aromatic rings. The second-order valence-corrected chi connectivity index (χ2v) is 6.91. The zero-order valence-corrected chi connectivity index (χ0v) is 16.0. The molecule has 1 unspecified atom stereocenters. The number of hydrogen-bond acceptors (Lipinski definition) is 6. The van der Waals surface area contributed by atoms with E-state index in [1.807, 2.05) is 35.2 Å². The maximum absolute atomic E-state index is 12.6. The average Bonchev–Trinajstić information content (AvgIpc) is 2.79. The number of carbonyl (C=O) groups excluding carboxylic acids is 1. The van der Waals surface area contributed by atoms with Crippen LogP contribution in [-0.4, -0.2) is 43.8 Å². The normalized spacial score (nSPS) is 16.7. The van der Waals surface area contributed by atoms with Gasteiger partial charge in [-0.1, -0.05) is 12.1 Å². The molecular weight excluding hydrogens is 364 g/mol. The molecule has 1 atom stereocenters. The second-order valence-electron chi connectivity index (χ2n) is 6.91. The maximum atomic E-state index is 12.6. The lowest BCUT2D eigenvalue weighted by Crippen LogP contribution is -2.38. The summed E-state index contributed by atoms with van der Waals surface area (Å²) in [5.74, 6) is 1.58. The van der Waals surface area contributed by atoms with E-state index in [0.717, 1.165) is 36.5 Å². The number of nitrogens with zero attached hydrogens (tertiary/aromatic N) is 5. The van der Waals surface area contributed by atoms with E-state index < -0.39 is 0 Å². The van der Waals surface area contributed by atoms with Gasteiger partial charge in [-0.15, -0.1) is 0 Å². The minimum Gasteiger partial charge on any atom is -0.338 e. The number of likely N-dealkylation sites (tertiary alicyclic amines) is 1. The number of piperidine rings is 1. The summed E-state index contributed by atoms with van der Waals surface area (Å²) < 4.78 is 0. The lowest BCUT2D eigenvalue weighted by atomic mass is 9.95. The summed E-state index contributed by atoms with van der Waals surface area (Å²) in [5.41, 5.74) is 1.82. The van der Waals surface area contributed by atoms with E-state index in [2.05, 4.69) is 25.3 Å². The molecule has 1 saturated heterocycles. The molecule has 0 bridgehead atoms. The SMILES string of the molecule is O=C(/C=C/c1cccnc1)N1CCCC(c2cnc(Nc3ccccn3)cn2)C1. The molecule has 0 saturated carbocycles. The number of pyridine rings is 2. The van der Waals surface area contributed by atoms with Crippen LogP contribution in [0.1, 0.15) is 30.0 Å². The molecule has 0 radical (unpaired) electrons. The molecule has 0 aromatic carbocycles. The van der Waals surface area contributed by atoms with Crippen LogP contribution >= 0.6 is 0 Å². The van der Waals surface area contributed by atoms with Crippen molar-refractivity contribution in [2.45, 2.75) is 18.8 Å². The Morgan fingerprint density at radius 1 is 1.03 bits per heavy atom. The van der Waals surface area contributed by atoms with Gasteiger partial charge in [-0.2, -0.15) is 0 Å². The standard InChI is InChI=1S/C22H22N6O/c29-22(9-8-17-5-3-10-23-13-17)28-12-4-6-18(16-28)19-14-26-21(15-25-19)27-20-7-1-2-11-24-20/h1-3,5,7-11,13-15,18H,4,6,12,16H2,(H,24,26,27)/b9-8+. The lowest BCUT2D eigenvalue weighted by molar-refractivity contribution is -0.127. The first-order chi connectivity index (χ1) is 14.3. The van der Waals surface area contributed by atoms with Crippen LogP contribution in [0.15, 0.2) is 67.4 Å². The number of rotatable bonds is 5. The highest BCUT2D eigenvalue weighted by molar-refractivity contribution is 5.91. The first kappa shape index (κ1) is 18.7. The van der Waals surface area contributed by atoms with E-state index in [0.29, 0.717) is 12.4 Å². The summed E-state index contributed by atoms with van der Waals surface area (Å²) in [5, 5.41) is 3.13. The van der Waals surface area contributed by atoms with E-state index in [1.165, 1.54) is 0 Å². The van der Waals surface area contributed by atoms with Crippen molar-refractivity contribution in [1.29, 1.82) is 0 Å². The molecule has 1 aliphatic heterocycles. The fourth-order valence-electron chi connectivity index (χ4n) is 3.35. The number of anilines is 2. The van der Waals surface area contributed by atoms with Gasteiger partial charge in [0.25, 0.3) is 0 Å². The molecule has 1 amide bonds. The van der Waals surface area contributed by atoms with Crippen molar-refractivity contribution in [3.05, 3.63) is 78.6 Å². The molecule has 7 nitrogen and oxygen atoms in total. The molecule has 0 spiro atoms. The minimum absolute atomic E-state index is 0.0138. The zero-order valence-electron chi connectivity index (χ0n) is 16.0. The summed E-state index contributed by atoms with van der Waals surface area (Å²) in [6.07, 6.45) is 14.0. The smallest absolute Gasteiger partial charge is 0.246 e. The molecule has 146 valence electrons. The fraction of sp³-hybridized carbons (Fsp3) is 0.227. The quantitative estimate of drug-likeness (QED) is 0.677. The summed E-state index contributed by atoms with van der Waals surface area (Å²) >= 11 is 0. The van der Waals surface area contributed by atoms with Gasteiger partial charge in [0.05, 0.1) is 18.1 Å². The topological polar surface area (TPSA) is 83.9 Å². The molecule has 1 aliphatic rings. The van der Waals surface area contributed by atoms with Gasteiger partial charge in [-0.05, 0) is 42.7 Å². The molecule has 29 heavy (non-hydrogen) atoms. The zero-order chi connectivity index (χ0) is 19.9. The molecule has 4 heterocycles. The van der Waals surface area contributed by atoms with Crippen molar-refractivity contribution in [2.24, 2.45) is 0 Å². The van der Waals surface area contributed by atoms with Gasteiger partial charge < -0.3 is 10.2 Å². The monoisotopic (exact) mass is 386 g/mol. The van der Waals surface area contributed by atoms with Crippen LogP contribution in [-0.2, 0) is 4.79 Å². The van der Waals surface area contributed by atoms with Gasteiger partial charge in [-0.3, -0.25) is 14.8 Å². The Labute approximate surface area is 169 Å². The third kappa shape index (κ3) is 5.01. The van der Waals surface area contributed by atoms with E-state index in [9.17, 15) is 4.79 Å². The maximum Gasteiger partial charge on any atom is 0.246 e. The van der Waals surface area contributed by atoms with Crippen LogP contribution in [0.3, 0.4) is 0 Å². The van der Waals surface area contributed by atoms with Crippen molar-refractivity contribution < 1.29 is 4.79 Å². The first-order valence-corrected chi connectivity index (χ1v) is 9.65. The van der Waals surface area contributed by atoms with E-state index >= 15 is 0 Å². The number of carbonyl (C=O) groups is 1. The average molecular weight is 386 g/mol. The number of hydrogen-bond donors (Lipinski definition) is 1. The van der Waals surface area contributed by atoms with Gasteiger partial charge in [0.1, 0.15) is 11.6 Å². The number of amides is 1. The Kier molecular flexibility index (Phi) is 5.85. The second kappa shape index (κ2) is 9.05. The van der Waals surface area contributed by atoms with Crippen LogP contribution in [0.5, 0.6) is 0 Å². The van der Waals surface area contributed by atoms with Crippen LogP contribution in [0.25, 0.3) is 6.08 Å². The molecule has 7 heteroatoms. The summed E-state index contributed by atoms with van der Waals surface area (Å²) in [4.78, 5) is 31.8. The number of nitrogens with one attached hydrogen (secondary N) is 1. The molecule has 1 fully saturated rings. The Balaban J connectivity index is 1.37. The van der Waals surface area contributed by atoms with E-state index in [4.69, 9.17) is 0 Å². The van der Waals surface area contributed by atoms with Crippen molar-refractivity contribution in [1.82, 2.24) is 24.8 Å². The third-order valence-corrected chi connectivity index (χ3v) is 4.85. The van der Waals surface area contributed by atoms with Crippen LogP contribution in [0.4, 0.5) is 11.6 Å². The summed E-state index contributed by atoms with van der Waals surface area (Å²) in [6, 6.07) is 9.42. The van der Waals surface area contributed by atoms with Gasteiger partial charge in [-0.25, -0.2) is 9.97 Å². The number of aromatic nitrogens is 4. The predicted molar refractivity (Wildman–Crippen MR) is 111 cm³/mol. The Morgan fingerprint density at radius 3 is 2.76 bits per heavy atom. The van der Waals surface area contributed by atoms with Crippen molar-refractivity contribution in [3.8, 4) is 0 Å². The largest absolute Gasteiger partial charge is 0.338 e. The Bertz CT molecular complexity index is 960. The Morgan fingerprint density at radius 2 is 2.00 bits per heavy atom. The molecule has 4 rings (SSSR count). The van der Waals surface area contributed by atoms with Gasteiger partial charge in [0, 0.05) is 43.7 Å². The van der Waals surface area contributed by atoms with E-state index in [-0.39, 0.29) is 11.8 Å². The lowest BCUT2D eigenvalue weighted by Gasteiger charge is -2.31.